The Bertz CT molecular complexity index is 2560. The van der Waals surface area contributed by atoms with Crippen LogP contribution in [0.15, 0.2) is 157 Å². The number of furan rings is 1. The molecule has 50 heavy (non-hydrogen) atoms. The molecule has 1 radical (unpaired) electrons. The fourth-order valence-electron chi connectivity index (χ4n) is 6.30. The molecule has 0 saturated carbocycles. The van der Waals surface area contributed by atoms with Crippen molar-refractivity contribution >= 4 is 32.7 Å². The zero-order valence-electron chi connectivity index (χ0n) is 27.5. The second kappa shape index (κ2) is 14.4. The van der Waals surface area contributed by atoms with Gasteiger partial charge in [0.1, 0.15) is 5.58 Å². The molecule has 0 aliphatic heterocycles. The normalized spacial score (nSPS) is 10.8. The Hall–Kier alpha value is -5.74. The Kier molecular flexibility index (Phi) is 9.44. The summed E-state index contributed by atoms with van der Waals surface area (Å²) in [5.74, 6) is 0. The molecule has 9 rings (SSSR count). The summed E-state index contributed by atoms with van der Waals surface area (Å²) in [7, 11) is 0. The summed E-state index contributed by atoms with van der Waals surface area (Å²) >= 11 is 0. The fraction of sp³-hybridized carbons (Fsp3) is 0.0444. The van der Waals surface area contributed by atoms with E-state index in [0.29, 0.717) is 0 Å². The van der Waals surface area contributed by atoms with Crippen LogP contribution in [0.2, 0.25) is 0 Å². The summed E-state index contributed by atoms with van der Waals surface area (Å²) in [4.78, 5) is 13.5. The van der Waals surface area contributed by atoms with Crippen molar-refractivity contribution in [3.8, 4) is 44.8 Å². The first-order valence-electron chi connectivity index (χ1n) is 16.3. The van der Waals surface area contributed by atoms with E-state index in [1.54, 1.807) is 0 Å². The molecule has 4 heterocycles. The number of aromatic nitrogens is 3. The number of pyridine rings is 3. The van der Waals surface area contributed by atoms with Gasteiger partial charge in [-0.2, -0.15) is 0 Å². The molecule has 0 aliphatic rings. The van der Waals surface area contributed by atoms with Gasteiger partial charge in [0, 0.05) is 61.2 Å². The van der Waals surface area contributed by atoms with Crippen LogP contribution in [-0.4, -0.2) is 15.0 Å². The van der Waals surface area contributed by atoms with Crippen molar-refractivity contribution in [2.24, 2.45) is 0 Å². The van der Waals surface area contributed by atoms with Gasteiger partial charge < -0.3 is 14.4 Å². The average molecular weight is 822 g/mol. The van der Waals surface area contributed by atoms with Crippen LogP contribution in [0.1, 0.15) is 11.1 Å². The number of nitrogens with zero attached hydrogens (tertiary/aromatic N) is 3. The van der Waals surface area contributed by atoms with Gasteiger partial charge in [0.25, 0.3) is 0 Å². The van der Waals surface area contributed by atoms with Gasteiger partial charge in [-0.05, 0) is 64.5 Å². The minimum absolute atomic E-state index is 0. The summed E-state index contributed by atoms with van der Waals surface area (Å²) in [6, 6.07) is 49.7. The fourth-order valence-corrected chi connectivity index (χ4v) is 6.30. The molecule has 0 bridgehead atoms. The van der Waals surface area contributed by atoms with E-state index in [0.717, 1.165) is 77.7 Å². The molecule has 4 aromatic heterocycles. The Morgan fingerprint density at radius 2 is 1.34 bits per heavy atom. The monoisotopic (exact) mass is 822 g/mol. The van der Waals surface area contributed by atoms with Crippen LogP contribution < -0.4 is 0 Å². The first-order chi connectivity index (χ1) is 24.1. The third-order valence-corrected chi connectivity index (χ3v) is 8.77. The SMILES string of the molecule is Cc1ccc(-c2[c-]cccc2)nc1.Cc1cncc2c(-c3cccc4c3oc3c(-c5cc(-c6ccccc6)ccn5)[c-]ccc34)cccc12.[Ir]. The Balaban J connectivity index is 0.000000236. The predicted molar refractivity (Wildman–Crippen MR) is 200 cm³/mol. The molecule has 0 aliphatic carbocycles. The van der Waals surface area contributed by atoms with Gasteiger partial charge >= 0.3 is 0 Å². The molecule has 5 aromatic carbocycles. The number of benzene rings is 5. The predicted octanol–water partition coefficient (Wildman–Crippen LogP) is 11.5. The van der Waals surface area contributed by atoms with Gasteiger partial charge in [-0.1, -0.05) is 95.9 Å². The maximum atomic E-state index is 6.66. The molecular weight excluding hydrogens is 791 g/mol. The minimum Gasteiger partial charge on any atom is -0.500 e. The molecule has 4 nitrogen and oxygen atoms in total. The van der Waals surface area contributed by atoms with Crippen LogP contribution in [0.3, 0.4) is 0 Å². The van der Waals surface area contributed by atoms with Gasteiger partial charge in [0.15, 0.2) is 0 Å². The minimum atomic E-state index is 0. The standard InChI is InChI=1S/C33H21N2O.C12H10N.Ir/c1-21-19-34-20-30-24(21)10-5-11-25(30)26-12-6-13-27-28-14-7-15-29(33(28)36-32(26)27)31-18-23(16-17-35-31)22-8-3-2-4-9-22;1-10-7-8-12(13-9-10)11-5-3-2-4-6-11;/h2-14,16-20H,1H3;2-5,7-9H,1H3;/q2*-1;. The van der Waals surface area contributed by atoms with Crippen molar-refractivity contribution in [2.75, 3.05) is 0 Å². The zero-order valence-corrected chi connectivity index (χ0v) is 29.9. The first kappa shape index (κ1) is 32.8. The molecule has 0 fully saturated rings. The van der Waals surface area contributed by atoms with Crippen molar-refractivity contribution in [1.82, 2.24) is 15.0 Å². The van der Waals surface area contributed by atoms with E-state index in [1.165, 1.54) is 10.9 Å². The van der Waals surface area contributed by atoms with Crippen LogP contribution in [0.4, 0.5) is 0 Å². The van der Waals surface area contributed by atoms with Gasteiger partial charge in [0.2, 0.25) is 0 Å². The Morgan fingerprint density at radius 3 is 2.14 bits per heavy atom. The average Bonchev–Trinajstić information content (AvgIpc) is 3.56. The first-order valence-corrected chi connectivity index (χ1v) is 16.3. The van der Waals surface area contributed by atoms with E-state index in [2.05, 4.69) is 101 Å². The second-order valence-corrected chi connectivity index (χ2v) is 12.0. The second-order valence-electron chi connectivity index (χ2n) is 12.0. The summed E-state index contributed by atoms with van der Waals surface area (Å²) in [5.41, 5.74) is 12.2. The molecule has 0 atom stereocenters. The number of fused-ring (bicyclic) bond motifs is 4. The summed E-state index contributed by atoms with van der Waals surface area (Å²) in [6.45, 7) is 4.13. The van der Waals surface area contributed by atoms with Crippen molar-refractivity contribution in [3.05, 3.63) is 175 Å². The van der Waals surface area contributed by atoms with Gasteiger partial charge in [-0.3, -0.25) is 4.98 Å². The zero-order chi connectivity index (χ0) is 33.2. The van der Waals surface area contributed by atoms with Crippen LogP contribution in [-0.2, 0) is 20.1 Å². The van der Waals surface area contributed by atoms with Gasteiger partial charge in [-0.25, -0.2) is 0 Å². The maximum Gasteiger partial charge on any atom is 0.128 e. The van der Waals surface area contributed by atoms with Crippen LogP contribution in [0.25, 0.3) is 77.5 Å². The van der Waals surface area contributed by atoms with E-state index in [-0.39, 0.29) is 20.1 Å². The van der Waals surface area contributed by atoms with Crippen molar-refractivity contribution in [1.29, 1.82) is 0 Å². The van der Waals surface area contributed by atoms with Gasteiger partial charge in [0.05, 0.1) is 5.58 Å². The van der Waals surface area contributed by atoms with E-state index in [9.17, 15) is 0 Å². The number of aryl methyl sites for hydroxylation is 2. The number of hydrogen-bond acceptors (Lipinski definition) is 4. The molecule has 0 spiro atoms. The molecule has 0 amide bonds. The number of hydrogen-bond donors (Lipinski definition) is 0. The largest absolute Gasteiger partial charge is 0.500 e. The Morgan fingerprint density at radius 1 is 0.540 bits per heavy atom. The number of para-hydroxylation sites is 1. The molecule has 0 unspecified atom stereocenters. The van der Waals surface area contributed by atoms with E-state index in [1.807, 2.05) is 92.4 Å². The van der Waals surface area contributed by atoms with Crippen LogP contribution in [0, 0.1) is 26.0 Å². The van der Waals surface area contributed by atoms with Crippen LogP contribution >= 0.6 is 0 Å². The third-order valence-electron chi connectivity index (χ3n) is 8.77. The van der Waals surface area contributed by atoms with E-state index >= 15 is 0 Å². The smallest absolute Gasteiger partial charge is 0.128 e. The quantitative estimate of drug-likeness (QED) is 0.166. The molecule has 9 aromatic rings. The molecular formula is C45H31IrN3O-2. The summed E-state index contributed by atoms with van der Waals surface area (Å²) in [6.07, 6.45) is 7.57. The molecule has 0 N–H and O–H groups in total. The van der Waals surface area contributed by atoms with E-state index < -0.39 is 0 Å². The Labute approximate surface area is 304 Å². The summed E-state index contributed by atoms with van der Waals surface area (Å²) < 4.78 is 6.66. The van der Waals surface area contributed by atoms with Crippen molar-refractivity contribution in [2.45, 2.75) is 13.8 Å². The van der Waals surface area contributed by atoms with E-state index in [4.69, 9.17) is 4.42 Å². The van der Waals surface area contributed by atoms with Crippen molar-refractivity contribution < 1.29 is 24.5 Å². The van der Waals surface area contributed by atoms with Gasteiger partial charge in [-0.15, -0.1) is 54.1 Å². The summed E-state index contributed by atoms with van der Waals surface area (Å²) in [5, 5.41) is 4.46. The molecule has 5 heteroatoms. The third kappa shape index (κ3) is 6.37. The van der Waals surface area contributed by atoms with Crippen molar-refractivity contribution in [3.63, 3.8) is 0 Å². The molecule has 243 valence electrons. The maximum absolute atomic E-state index is 6.66. The topological polar surface area (TPSA) is 51.8 Å². The number of rotatable bonds is 4. The molecule has 0 saturated heterocycles. The van der Waals surface area contributed by atoms with Crippen LogP contribution in [0.5, 0.6) is 0 Å².